The number of benzene rings is 1. The number of nitrogens with zero attached hydrogens (tertiary/aromatic N) is 2. The first-order chi connectivity index (χ1) is 10.5. The van der Waals surface area contributed by atoms with Crippen molar-refractivity contribution < 1.29 is 4.39 Å². The lowest BCUT2D eigenvalue weighted by Crippen LogP contribution is -2.41. The molecule has 6 heteroatoms. The van der Waals surface area contributed by atoms with Gasteiger partial charge in [0.25, 0.3) is 0 Å². The van der Waals surface area contributed by atoms with Crippen LogP contribution in [0.1, 0.15) is 11.1 Å². The van der Waals surface area contributed by atoms with Gasteiger partial charge in [-0.1, -0.05) is 12.1 Å². The quantitative estimate of drug-likeness (QED) is 0.793. The largest absolute Gasteiger partial charge is 0.384 e. The van der Waals surface area contributed by atoms with E-state index >= 15 is 0 Å². The highest BCUT2D eigenvalue weighted by Gasteiger charge is 2.25. The second kappa shape index (κ2) is 5.61. The van der Waals surface area contributed by atoms with E-state index in [9.17, 15) is 4.39 Å². The molecule has 0 fully saturated rings. The zero-order valence-corrected chi connectivity index (χ0v) is 13.7. The number of para-hydroxylation sites is 1. The second-order valence-corrected chi connectivity index (χ2v) is 7.52. The van der Waals surface area contributed by atoms with Crippen molar-refractivity contribution in [2.45, 2.75) is 13.5 Å². The van der Waals surface area contributed by atoms with E-state index in [1.807, 2.05) is 24.0 Å². The fourth-order valence-electron chi connectivity index (χ4n) is 2.64. The third-order valence-electron chi connectivity index (χ3n) is 3.67. The van der Waals surface area contributed by atoms with Crippen molar-refractivity contribution in [2.24, 2.45) is 0 Å². The summed E-state index contributed by atoms with van der Waals surface area (Å²) in [4.78, 5) is 6.15. The van der Waals surface area contributed by atoms with Gasteiger partial charge in [0.05, 0.1) is 17.9 Å². The highest BCUT2D eigenvalue weighted by atomic mass is 32.2. The fourth-order valence-corrected chi connectivity index (χ4v) is 3.55. The third-order valence-corrected chi connectivity index (χ3v) is 4.76. The van der Waals surface area contributed by atoms with Crippen molar-refractivity contribution in [3.8, 4) is 0 Å². The SMILES string of the molecule is Cc1cccc(F)c1N1Cc2cnc(N)cc2NC1=S(C)C. The molecule has 1 aliphatic heterocycles. The summed E-state index contributed by atoms with van der Waals surface area (Å²) in [5, 5.41) is 4.40. The van der Waals surface area contributed by atoms with Crippen LogP contribution in [0.5, 0.6) is 0 Å². The van der Waals surface area contributed by atoms with Crippen LogP contribution >= 0.6 is 10.5 Å². The minimum Gasteiger partial charge on any atom is -0.384 e. The van der Waals surface area contributed by atoms with Gasteiger partial charge in [0.2, 0.25) is 0 Å². The maximum Gasteiger partial charge on any atom is 0.147 e. The van der Waals surface area contributed by atoms with E-state index < -0.39 is 0 Å². The highest BCUT2D eigenvalue weighted by molar-refractivity contribution is 8.15. The lowest BCUT2D eigenvalue weighted by atomic mass is 10.1. The van der Waals surface area contributed by atoms with E-state index in [-0.39, 0.29) is 16.3 Å². The number of fused-ring (bicyclic) bond motifs is 1. The summed E-state index contributed by atoms with van der Waals surface area (Å²) in [6.45, 7) is 2.51. The van der Waals surface area contributed by atoms with E-state index in [4.69, 9.17) is 5.73 Å². The Morgan fingerprint density at radius 3 is 2.82 bits per heavy atom. The average Bonchev–Trinajstić information content (AvgIpc) is 2.46. The van der Waals surface area contributed by atoms with Crippen LogP contribution in [0, 0.1) is 12.7 Å². The van der Waals surface area contributed by atoms with Gasteiger partial charge in [-0.2, -0.15) is 10.5 Å². The molecule has 0 radical (unpaired) electrons. The Kier molecular flexibility index (Phi) is 3.78. The van der Waals surface area contributed by atoms with Gasteiger partial charge in [-0.05, 0) is 31.1 Å². The molecule has 0 saturated heterocycles. The van der Waals surface area contributed by atoms with Gasteiger partial charge in [-0.25, -0.2) is 9.37 Å². The molecule has 1 aliphatic rings. The number of halogens is 1. The smallest absolute Gasteiger partial charge is 0.147 e. The summed E-state index contributed by atoms with van der Waals surface area (Å²) in [5.41, 5.74) is 9.26. The first-order valence-corrected chi connectivity index (χ1v) is 9.00. The summed E-state index contributed by atoms with van der Waals surface area (Å²) < 4.78 is 14.4. The molecule has 3 rings (SSSR count). The predicted octanol–water partition coefficient (Wildman–Crippen LogP) is 3.16. The van der Waals surface area contributed by atoms with Gasteiger partial charge in [-0.3, -0.25) is 0 Å². The highest BCUT2D eigenvalue weighted by Crippen LogP contribution is 2.33. The van der Waals surface area contributed by atoms with Crippen LogP contribution < -0.4 is 16.0 Å². The standard InChI is InChI=1S/C16H19FN4S/c1-10-5-4-6-12(17)15(10)21-9-11-8-19-14(18)7-13(11)20-16(21)22(2)3/h4-8,20H,9H2,1-3H3,(H2,18,19). The molecular weight excluding hydrogens is 299 g/mol. The number of pyridine rings is 1. The fraction of sp³-hybridized carbons (Fsp3) is 0.250. The van der Waals surface area contributed by atoms with Gasteiger partial charge in [0.15, 0.2) is 0 Å². The molecule has 0 spiro atoms. The number of rotatable bonds is 1. The van der Waals surface area contributed by atoms with Crippen molar-refractivity contribution >= 4 is 32.8 Å². The topological polar surface area (TPSA) is 54.2 Å². The first kappa shape index (κ1) is 14.8. The lowest BCUT2D eigenvalue weighted by Gasteiger charge is -2.35. The Bertz CT molecular complexity index is 748. The van der Waals surface area contributed by atoms with Crippen LogP contribution in [0.4, 0.5) is 21.6 Å². The Labute approximate surface area is 132 Å². The van der Waals surface area contributed by atoms with Crippen LogP contribution in [-0.4, -0.2) is 22.6 Å². The van der Waals surface area contributed by atoms with Crippen molar-refractivity contribution in [3.05, 3.63) is 47.4 Å². The Hall–Kier alpha value is -2.08. The molecule has 3 N–H and O–H groups in total. The molecule has 1 aromatic heterocycles. The van der Waals surface area contributed by atoms with Crippen LogP contribution in [0.15, 0.2) is 30.5 Å². The van der Waals surface area contributed by atoms with E-state index in [2.05, 4.69) is 22.8 Å². The van der Waals surface area contributed by atoms with Crippen LogP contribution in [0.3, 0.4) is 0 Å². The Morgan fingerprint density at radius 2 is 2.14 bits per heavy atom. The van der Waals surface area contributed by atoms with Gasteiger partial charge in [-0.15, -0.1) is 0 Å². The summed E-state index contributed by atoms with van der Waals surface area (Å²) in [5.74, 6) is 0.268. The molecule has 0 saturated carbocycles. The molecule has 2 heterocycles. The van der Waals surface area contributed by atoms with Crippen molar-refractivity contribution in [3.63, 3.8) is 0 Å². The van der Waals surface area contributed by atoms with Crippen molar-refractivity contribution in [1.82, 2.24) is 4.98 Å². The molecule has 0 aliphatic carbocycles. The van der Waals surface area contributed by atoms with Gasteiger partial charge >= 0.3 is 0 Å². The summed E-state index contributed by atoms with van der Waals surface area (Å²) in [6, 6.07) is 6.99. The van der Waals surface area contributed by atoms with Gasteiger partial charge in [0.1, 0.15) is 16.7 Å². The molecule has 0 bridgehead atoms. The molecule has 0 atom stereocenters. The zero-order chi connectivity index (χ0) is 15.9. The third kappa shape index (κ3) is 2.54. The van der Waals surface area contributed by atoms with E-state index in [1.54, 1.807) is 12.3 Å². The molecule has 4 nitrogen and oxygen atoms in total. The van der Waals surface area contributed by atoms with Crippen molar-refractivity contribution in [2.75, 3.05) is 28.5 Å². The summed E-state index contributed by atoms with van der Waals surface area (Å²) >= 11 is 0. The minimum atomic E-state index is -0.211. The zero-order valence-electron chi connectivity index (χ0n) is 12.9. The van der Waals surface area contributed by atoms with E-state index in [0.717, 1.165) is 21.9 Å². The molecule has 22 heavy (non-hydrogen) atoms. The van der Waals surface area contributed by atoms with Crippen LogP contribution in [0.25, 0.3) is 0 Å². The molecule has 1 aromatic carbocycles. The molecule has 2 aromatic rings. The average molecular weight is 318 g/mol. The number of hydrogen-bond donors (Lipinski definition) is 2. The molecule has 0 unspecified atom stereocenters. The number of nitrogens with two attached hydrogens (primary N) is 1. The van der Waals surface area contributed by atoms with Gasteiger partial charge < -0.3 is 16.0 Å². The molecule has 0 amide bonds. The van der Waals surface area contributed by atoms with E-state index in [0.29, 0.717) is 18.1 Å². The van der Waals surface area contributed by atoms with Crippen molar-refractivity contribution in [1.29, 1.82) is 0 Å². The maximum atomic E-state index is 14.4. The first-order valence-electron chi connectivity index (χ1n) is 6.96. The van der Waals surface area contributed by atoms with Gasteiger partial charge in [0, 0.05) is 17.8 Å². The summed E-state index contributed by atoms with van der Waals surface area (Å²) in [7, 11) is -0.0594. The monoisotopic (exact) mass is 318 g/mol. The number of nitrogens with one attached hydrogen (secondary N) is 1. The van der Waals surface area contributed by atoms with Crippen LogP contribution in [-0.2, 0) is 6.54 Å². The maximum absolute atomic E-state index is 14.4. The number of aryl methyl sites for hydroxylation is 1. The normalized spacial score (nSPS) is 14.0. The number of hydrogen-bond acceptors (Lipinski definition) is 2. The van der Waals surface area contributed by atoms with Crippen LogP contribution in [0.2, 0.25) is 0 Å². The lowest BCUT2D eigenvalue weighted by molar-refractivity contribution is 0.624. The predicted molar refractivity (Wildman–Crippen MR) is 94.0 cm³/mol. The van der Waals surface area contributed by atoms with E-state index in [1.165, 1.54) is 6.07 Å². The summed E-state index contributed by atoms with van der Waals surface area (Å²) in [6.07, 6.45) is 5.98. The number of aromatic nitrogens is 1. The Balaban J connectivity index is 2.15. The number of anilines is 3. The number of nitrogen functional groups attached to an aromatic ring is 1. The second-order valence-electron chi connectivity index (χ2n) is 5.50. The molecule has 116 valence electrons. The minimum absolute atomic E-state index is 0.0594. The molecular formula is C16H19FN4S. The Morgan fingerprint density at radius 1 is 1.36 bits per heavy atom.